The molecule has 1 fully saturated rings. The van der Waals surface area contributed by atoms with Gasteiger partial charge in [0.05, 0.1) is 12.5 Å². The normalized spacial score (nSPS) is 15.8. The second kappa shape index (κ2) is 9.89. The first-order valence-corrected chi connectivity index (χ1v) is 12.1. The molecular formula is C28H28FN5O2. The van der Waals surface area contributed by atoms with Gasteiger partial charge in [-0.25, -0.2) is 14.4 Å². The van der Waals surface area contributed by atoms with Crippen molar-refractivity contribution in [3.05, 3.63) is 93.7 Å². The predicted molar refractivity (Wildman–Crippen MR) is 139 cm³/mol. The average molecular weight is 486 g/mol. The number of halogens is 1. The van der Waals surface area contributed by atoms with Crippen molar-refractivity contribution in [2.45, 2.75) is 33.2 Å². The van der Waals surface area contributed by atoms with Crippen LogP contribution in [-0.4, -0.2) is 33.5 Å². The first-order valence-electron chi connectivity index (χ1n) is 12.1. The molecule has 2 aromatic carbocycles. The SMILES string of the molecule is Cc1ccc(Cn2c(=O)c(N3CCC[C@@H](C(=O)Nc4ccc(F)cc4C)C3)nc3cccnc32)cc1. The van der Waals surface area contributed by atoms with Gasteiger partial charge in [-0.15, -0.1) is 0 Å². The summed E-state index contributed by atoms with van der Waals surface area (Å²) in [5.41, 5.74) is 4.35. The maximum Gasteiger partial charge on any atom is 0.295 e. The fraction of sp³-hybridized carbons (Fsp3) is 0.286. The minimum atomic E-state index is -0.340. The Labute approximate surface area is 208 Å². The summed E-state index contributed by atoms with van der Waals surface area (Å²) in [6.45, 7) is 5.18. The Morgan fingerprint density at radius 1 is 1.14 bits per heavy atom. The van der Waals surface area contributed by atoms with Gasteiger partial charge in [-0.2, -0.15) is 0 Å². The Morgan fingerprint density at radius 3 is 2.72 bits per heavy atom. The molecule has 1 amide bonds. The van der Waals surface area contributed by atoms with Crippen LogP contribution in [0.1, 0.15) is 29.5 Å². The lowest BCUT2D eigenvalue weighted by molar-refractivity contribution is -0.120. The second-order valence-electron chi connectivity index (χ2n) is 9.39. The smallest absolute Gasteiger partial charge is 0.295 e. The molecule has 0 aliphatic carbocycles. The Hall–Kier alpha value is -4.07. The number of carbonyl (C=O) groups is 1. The van der Waals surface area contributed by atoms with E-state index in [-0.39, 0.29) is 23.2 Å². The third-order valence-corrected chi connectivity index (χ3v) is 6.68. The van der Waals surface area contributed by atoms with Crippen LogP contribution in [0.25, 0.3) is 11.2 Å². The van der Waals surface area contributed by atoms with Gasteiger partial charge in [-0.05, 0) is 68.1 Å². The molecule has 1 aliphatic heterocycles. The minimum absolute atomic E-state index is 0.142. The molecule has 0 radical (unpaired) electrons. The first kappa shape index (κ1) is 23.7. The predicted octanol–water partition coefficient (Wildman–Crippen LogP) is 4.45. The number of fused-ring (bicyclic) bond motifs is 1. The summed E-state index contributed by atoms with van der Waals surface area (Å²) >= 11 is 0. The van der Waals surface area contributed by atoms with E-state index in [9.17, 15) is 14.0 Å². The summed E-state index contributed by atoms with van der Waals surface area (Å²) < 4.78 is 15.1. The molecule has 1 atom stereocenters. The molecule has 1 aliphatic rings. The maximum absolute atomic E-state index is 13.7. The summed E-state index contributed by atoms with van der Waals surface area (Å²) in [5, 5.41) is 2.93. The molecule has 8 heteroatoms. The second-order valence-corrected chi connectivity index (χ2v) is 9.39. The number of pyridine rings is 1. The zero-order chi connectivity index (χ0) is 25.2. The number of benzene rings is 2. The van der Waals surface area contributed by atoms with Crippen LogP contribution in [0.5, 0.6) is 0 Å². The van der Waals surface area contributed by atoms with Gasteiger partial charge in [0.1, 0.15) is 11.3 Å². The van der Waals surface area contributed by atoms with Gasteiger partial charge in [0, 0.05) is 25.0 Å². The molecule has 0 spiro atoms. The third kappa shape index (κ3) is 4.84. The van der Waals surface area contributed by atoms with Crippen molar-refractivity contribution >= 4 is 28.6 Å². The van der Waals surface area contributed by atoms with Crippen LogP contribution in [0.2, 0.25) is 0 Å². The average Bonchev–Trinajstić information content (AvgIpc) is 2.88. The number of amides is 1. The van der Waals surface area contributed by atoms with Crippen LogP contribution in [0.3, 0.4) is 0 Å². The highest BCUT2D eigenvalue weighted by Crippen LogP contribution is 2.24. The van der Waals surface area contributed by atoms with Crippen LogP contribution in [0.4, 0.5) is 15.9 Å². The maximum atomic E-state index is 13.7. The van der Waals surface area contributed by atoms with Crippen molar-refractivity contribution in [2.24, 2.45) is 5.92 Å². The standard InChI is InChI=1S/C28H28FN5O2/c1-18-7-9-20(10-8-18)16-34-25-24(6-3-13-30-25)31-26(28(34)36)33-14-4-5-21(17-33)27(35)32-23-12-11-22(29)15-19(23)2/h3,6-13,15,21H,4-5,14,16-17H2,1-2H3,(H,32,35)/t21-/m1/s1. The molecule has 1 saturated heterocycles. The van der Waals surface area contributed by atoms with E-state index in [0.717, 1.165) is 17.5 Å². The fourth-order valence-corrected chi connectivity index (χ4v) is 4.68. The van der Waals surface area contributed by atoms with Crippen LogP contribution in [0.15, 0.2) is 65.6 Å². The summed E-state index contributed by atoms with van der Waals surface area (Å²) in [7, 11) is 0. The molecular weight excluding hydrogens is 457 g/mol. The largest absolute Gasteiger partial charge is 0.351 e. The molecule has 5 rings (SSSR count). The molecule has 4 aromatic rings. The van der Waals surface area contributed by atoms with E-state index in [1.165, 1.54) is 12.1 Å². The highest BCUT2D eigenvalue weighted by atomic mass is 19.1. The van der Waals surface area contributed by atoms with Crippen LogP contribution in [-0.2, 0) is 11.3 Å². The van der Waals surface area contributed by atoms with Crippen molar-refractivity contribution in [3.8, 4) is 0 Å². The number of rotatable bonds is 5. The lowest BCUT2D eigenvalue weighted by Crippen LogP contribution is -2.44. The monoisotopic (exact) mass is 485 g/mol. The molecule has 2 aromatic heterocycles. The lowest BCUT2D eigenvalue weighted by Gasteiger charge is -2.32. The van der Waals surface area contributed by atoms with Crippen LogP contribution >= 0.6 is 0 Å². The Morgan fingerprint density at radius 2 is 1.94 bits per heavy atom. The number of hydrogen-bond donors (Lipinski definition) is 1. The van der Waals surface area contributed by atoms with Gasteiger partial charge in [0.25, 0.3) is 5.56 Å². The fourth-order valence-electron chi connectivity index (χ4n) is 4.68. The number of nitrogens with zero attached hydrogens (tertiary/aromatic N) is 4. The first-order chi connectivity index (χ1) is 17.4. The van der Waals surface area contributed by atoms with E-state index < -0.39 is 0 Å². The summed E-state index contributed by atoms with van der Waals surface area (Å²) in [6, 6.07) is 16.0. The number of anilines is 2. The van der Waals surface area contributed by atoms with Crippen molar-refractivity contribution in [3.63, 3.8) is 0 Å². The van der Waals surface area contributed by atoms with Crippen LogP contribution in [0, 0.1) is 25.6 Å². The number of piperidine rings is 1. The Kier molecular flexibility index (Phi) is 6.50. The molecule has 7 nitrogen and oxygen atoms in total. The van der Waals surface area contributed by atoms with Crippen molar-refractivity contribution in [1.29, 1.82) is 0 Å². The molecule has 1 N–H and O–H groups in total. The molecule has 0 bridgehead atoms. The van der Waals surface area contributed by atoms with E-state index in [2.05, 4.69) is 15.3 Å². The molecule has 0 saturated carbocycles. The Balaban J connectivity index is 1.44. The van der Waals surface area contributed by atoms with E-state index in [1.807, 2.05) is 42.2 Å². The van der Waals surface area contributed by atoms with Crippen molar-refractivity contribution in [1.82, 2.24) is 14.5 Å². The summed E-state index contributed by atoms with van der Waals surface area (Å²) in [4.78, 5) is 37.8. The van der Waals surface area contributed by atoms with Crippen molar-refractivity contribution < 1.29 is 9.18 Å². The van der Waals surface area contributed by atoms with Gasteiger partial charge in [-0.1, -0.05) is 29.8 Å². The zero-order valence-electron chi connectivity index (χ0n) is 20.4. The van der Waals surface area contributed by atoms with E-state index in [1.54, 1.807) is 29.8 Å². The number of hydrogen-bond acceptors (Lipinski definition) is 5. The molecule has 36 heavy (non-hydrogen) atoms. The van der Waals surface area contributed by atoms with E-state index in [0.29, 0.717) is 54.3 Å². The van der Waals surface area contributed by atoms with Crippen LogP contribution < -0.4 is 15.8 Å². The topological polar surface area (TPSA) is 80.1 Å². The third-order valence-electron chi connectivity index (χ3n) is 6.68. The molecule has 184 valence electrons. The number of aromatic nitrogens is 3. The number of nitrogens with one attached hydrogen (secondary N) is 1. The van der Waals surface area contributed by atoms with Gasteiger partial charge in [-0.3, -0.25) is 14.2 Å². The quantitative estimate of drug-likeness (QED) is 0.452. The lowest BCUT2D eigenvalue weighted by atomic mass is 9.97. The number of carbonyl (C=O) groups excluding carboxylic acids is 1. The van der Waals surface area contributed by atoms with Crippen molar-refractivity contribution in [2.75, 3.05) is 23.3 Å². The highest BCUT2D eigenvalue weighted by Gasteiger charge is 2.29. The summed E-state index contributed by atoms with van der Waals surface area (Å²) in [6.07, 6.45) is 3.12. The van der Waals surface area contributed by atoms with Gasteiger partial charge in [0.15, 0.2) is 11.5 Å². The molecule has 0 unspecified atom stereocenters. The van der Waals surface area contributed by atoms with Gasteiger partial charge < -0.3 is 10.2 Å². The Bertz CT molecular complexity index is 1480. The van der Waals surface area contributed by atoms with Gasteiger partial charge >= 0.3 is 0 Å². The van der Waals surface area contributed by atoms with E-state index >= 15 is 0 Å². The number of aryl methyl sites for hydroxylation is 2. The minimum Gasteiger partial charge on any atom is -0.351 e. The van der Waals surface area contributed by atoms with E-state index in [4.69, 9.17) is 0 Å². The highest BCUT2D eigenvalue weighted by molar-refractivity contribution is 5.93. The molecule has 3 heterocycles. The zero-order valence-corrected chi connectivity index (χ0v) is 20.4. The van der Waals surface area contributed by atoms with Gasteiger partial charge in [0.2, 0.25) is 5.91 Å². The summed E-state index contributed by atoms with van der Waals surface area (Å²) in [5.74, 6) is -0.470.